The van der Waals surface area contributed by atoms with Crippen molar-refractivity contribution in [3.05, 3.63) is 39.7 Å². The zero-order valence-corrected chi connectivity index (χ0v) is 19.6. The van der Waals surface area contributed by atoms with Gasteiger partial charge in [0.25, 0.3) is 0 Å². The molecule has 2 heterocycles. The fourth-order valence-electron chi connectivity index (χ4n) is 4.50. The van der Waals surface area contributed by atoms with E-state index in [1.807, 2.05) is 25.7 Å². The molecular formula is C23H35FN4O4. The van der Waals surface area contributed by atoms with Gasteiger partial charge in [0.2, 0.25) is 5.82 Å². The number of nitrogens with zero attached hydrogens (tertiary/aromatic N) is 4. The van der Waals surface area contributed by atoms with E-state index in [-0.39, 0.29) is 6.09 Å². The number of carbonyl (C=O) groups is 1. The van der Waals surface area contributed by atoms with Crippen molar-refractivity contribution in [1.82, 2.24) is 14.7 Å². The van der Waals surface area contributed by atoms with Gasteiger partial charge < -0.3 is 9.64 Å². The Morgan fingerprint density at radius 2 is 1.91 bits per heavy atom. The van der Waals surface area contributed by atoms with Crippen LogP contribution < -0.4 is 0 Å². The number of benzene rings is 1. The number of likely N-dealkylation sites (tertiary alicyclic amines) is 1. The SMILES string of the molecule is C[C@H]1CN(Cc2ccc([N+](=O)[O-])c(F)c2)CCN1CC1CCN(C(=O)OC(C)(C)C)CC1. The summed E-state index contributed by atoms with van der Waals surface area (Å²) in [5.74, 6) is -0.219. The van der Waals surface area contributed by atoms with E-state index < -0.39 is 22.0 Å². The highest BCUT2D eigenvalue weighted by molar-refractivity contribution is 5.68. The van der Waals surface area contributed by atoms with E-state index in [4.69, 9.17) is 4.74 Å². The molecular weight excluding hydrogens is 415 g/mol. The standard InChI is InChI=1S/C23H35FN4O4/c1-17-14-25(15-19-5-6-21(28(30)31)20(24)13-19)11-12-27(17)16-18-7-9-26(10-8-18)22(29)32-23(2,3)4/h5-6,13,17-18H,7-12,14-16H2,1-4H3/t17-/m0/s1. The van der Waals surface area contributed by atoms with Crippen LogP contribution in [0.3, 0.4) is 0 Å². The molecule has 178 valence electrons. The Kier molecular flexibility index (Phi) is 7.71. The van der Waals surface area contributed by atoms with Crippen LogP contribution in [-0.4, -0.2) is 76.6 Å². The van der Waals surface area contributed by atoms with Gasteiger partial charge in [-0.15, -0.1) is 0 Å². The summed E-state index contributed by atoms with van der Waals surface area (Å²) in [7, 11) is 0. The van der Waals surface area contributed by atoms with E-state index in [2.05, 4.69) is 16.7 Å². The molecule has 2 saturated heterocycles. The fourth-order valence-corrected chi connectivity index (χ4v) is 4.50. The monoisotopic (exact) mass is 450 g/mol. The van der Waals surface area contributed by atoms with E-state index in [1.165, 1.54) is 12.1 Å². The molecule has 0 unspecified atom stereocenters. The van der Waals surface area contributed by atoms with Gasteiger partial charge >= 0.3 is 11.8 Å². The van der Waals surface area contributed by atoms with Crippen molar-refractivity contribution in [3.8, 4) is 0 Å². The van der Waals surface area contributed by atoms with Crippen LogP contribution in [0.4, 0.5) is 14.9 Å². The van der Waals surface area contributed by atoms with Crippen LogP contribution in [0, 0.1) is 21.8 Å². The van der Waals surface area contributed by atoms with E-state index in [0.717, 1.165) is 57.7 Å². The molecule has 8 nitrogen and oxygen atoms in total. The number of carbonyl (C=O) groups excluding carboxylic acids is 1. The molecule has 3 rings (SSSR count). The zero-order valence-electron chi connectivity index (χ0n) is 19.6. The van der Waals surface area contributed by atoms with Crippen LogP contribution in [-0.2, 0) is 11.3 Å². The smallest absolute Gasteiger partial charge is 0.410 e. The van der Waals surface area contributed by atoms with Crippen molar-refractivity contribution in [2.24, 2.45) is 5.92 Å². The van der Waals surface area contributed by atoms with Gasteiger partial charge in [-0.2, -0.15) is 4.39 Å². The quantitative estimate of drug-likeness (QED) is 0.500. The summed E-state index contributed by atoms with van der Waals surface area (Å²) < 4.78 is 19.4. The van der Waals surface area contributed by atoms with Gasteiger partial charge in [-0.1, -0.05) is 6.07 Å². The number of nitro benzene ring substituents is 1. The summed E-state index contributed by atoms with van der Waals surface area (Å²) in [5.41, 5.74) is -0.198. The Bertz CT molecular complexity index is 821. The van der Waals surface area contributed by atoms with Crippen LogP contribution in [0.25, 0.3) is 0 Å². The average Bonchev–Trinajstić information content (AvgIpc) is 2.69. The predicted molar refractivity (Wildman–Crippen MR) is 120 cm³/mol. The van der Waals surface area contributed by atoms with E-state index >= 15 is 0 Å². The molecule has 2 aliphatic rings. The van der Waals surface area contributed by atoms with E-state index in [1.54, 1.807) is 6.07 Å². The first-order valence-electron chi connectivity index (χ1n) is 11.4. The molecule has 0 radical (unpaired) electrons. The molecule has 0 spiro atoms. The number of piperazine rings is 1. The molecule has 0 bridgehead atoms. The lowest BCUT2D eigenvalue weighted by atomic mass is 9.95. The van der Waals surface area contributed by atoms with Crippen LogP contribution in [0.1, 0.15) is 46.1 Å². The third-order valence-corrected chi connectivity index (χ3v) is 6.22. The molecule has 0 aliphatic carbocycles. The van der Waals surface area contributed by atoms with Gasteiger partial charge in [0.1, 0.15) is 5.60 Å². The number of rotatable bonds is 5. The molecule has 1 aromatic rings. The third kappa shape index (κ3) is 6.62. The van der Waals surface area contributed by atoms with Gasteiger partial charge in [-0.3, -0.25) is 19.9 Å². The zero-order chi connectivity index (χ0) is 23.5. The number of nitro groups is 1. The van der Waals surface area contributed by atoms with Crippen molar-refractivity contribution < 1.29 is 18.8 Å². The largest absolute Gasteiger partial charge is 0.444 e. The molecule has 0 aromatic heterocycles. The first kappa shape index (κ1) is 24.4. The summed E-state index contributed by atoms with van der Waals surface area (Å²) in [6.45, 7) is 13.6. The summed E-state index contributed by atoms with van der Waals surface area (Å²) in [6, 6.07) is 4.52. The maximum Gasteiger partial charge on any atom is 0.410 e. The number of piperidine rings is 1. The molecule has 1 atom stereocenters. The Balaban J connectivity index is 1.44. The first-order valence-corrected chi connectivity index (χ1v) is 11.4. The van der Waals surface area contributed by atoms with Crippen LogP contribution in [0.2, 0.25) is 0 Å². The second kappa shape index (κ2) is 10.1. The highest BCUT2D eigenvalue weighted by atomic mass is 19.1. The summed E-state index contributed by atoms with van der Waals surface area (Å²) in [4.78, 5) is 28.9. The Labute approximate surface area is 189 Å². The molecule has 32 heavy (non-hydrogen) atoms. The van der Waals surface area contributed by atoms with Gasteiger partial charge in [-0.05, 0) is 58.1 Å². The Morgan fingerprint density at radius 1 is 1.22 bits per heavy atom. The summed E-state index contributed by atoms with van der Waals surface area (Å²) in [6.07, 6.45) is 1.74. The molecule has 9 heteroatoms. The van der Waals surface area contributed by atoms with E-state index in [0.29, 0.717) is 18.5 Å². The lowest BCUT2D eigenvalue weighted by Gasteiger charge is -2.42. The number of hydrogen-bond donors (Lipinski definition) is 0. The minimum absolute atomic E-state index is 0.222. The second-order valence-corrected chi connectivity index (χ2v) is 10.0. The second-order valence-electron chi connectivity index (χ2n) is 10.0. The summed E-state index contributed by atoms with van der Waals surface area (Å²) >= 11 is 0. The van der Waals surface area contributed by atoms with E-state index in [9.17, 15) is 19.3 Å². The third-order valence-electron chi connectivity index (χ3n) is 6.22. The minimum Gasteiger partial charge on any atom is -0.444 e. The number of ether oxygens (including phenoxy) is 1. The molecule has 0 saturated carbocycles. The normalized spacial score (nSPS) is 21.5. The molecule has 1 amide bonds. The fraction of sp³-hybridized carbons (Fsp3) is 0.696. The Hall–Kier alpha value is -2.26. The van der Waals surface area contributed by atoms with Crippen LogP contribution >= 0.6 is 0 Å². The van der Waals surface area contributed by atoms with Gasteiger partial charge in [0.15, 0.2) is 0 Å². The van der Waals surface area contributed by atoms with Crippen LogP contribution in [0.5, 0.6) is 0 Å². The summed E-state index contributed by atoms with van der Waals surface area (Å²) in [5, 5.41) is 10.8. The van der Waals surface area contributed by atoms with Crippen molar-refractivity contribution in [1.29, 1.82) is 0 Å². The van der Waals surface area contributed by atoms with Crippen molar-refractivity contribution in [3.63, 3.8) is 0 Å². The number of hydrogen-bond acceptors (Lipinski definition) is 6. The average molecular weight is 451 g/mol. The molecule has 2 fully saturated rings. The lowest BCUT2D eigenvalue weighted by molar-refractivity contribution is -0.387. The predicted octanol–water partition coefficient (Wildman–Crippen LogP) is 3.89. The van der Waals surface area contributed by atoms with Crippen LogP contribution in [0.15, 0.2) is 18.2 Å². The lowest BCUT2D eigenvalue weighted by Crippen LogP contribution is -2.53. The number of amides is 1. The van der Waals surface area contributed by atoms with Gasteiger partial charge in [0, 0.05) is 57.9 Å². The topological polar surface area (TPSA) is 79.2 Å². The number of halogens is 1. The van der Waals surface area contributed by atoms with Crippen molar-refractivity contribution in [2.75, 3.05) is 39.3 Å². The maximum absolute atomic E-state index is 13.9. The highest BCUT2D eigenvalue weighted by Gasteiger charge is 2.30. The highest BCUT2D eigenvalue weighted by Crippen LogP contribution is 2.24. The molecule has 2 aliphatic heterocycles. The van der Waals surface area contributed by atoms with Gasteiger partial charge in [-0.25, -0.2) is 4.79 Å². The minimum atomic E-state index is -0.781. The Morgan fingerprint density at radius 3 is 2.47 bits per heavy atom. The first-order chi connectivity index (χ1) is 15.0. The van der Waals surface area contributed by atoms with Crippen molar-refractivity contribution in [2.45, 2.75) is 58.7 Å². The van der Waals surface area contributed by atoms with Crippen molar-refractivity contribution >= 4 is 11.8 Å². The molecule has 1 aromatic carbocycles. The molecule has 0 N–H and O–H groups in total. The van der Waals surface area contributed by atoms with Gasteiger partial charge in [0.05, 0.1) is 4.92 Å². The maximum atomic E-state index is 13.9.